The van der Waals surface area contributed by atoms with Gasteiger partial charge < -0.3 is 9.84 Å². The van der Waals surface area contributed by atoms with Crippen molar-refractivity contribution in [3.8, 4) is 0 Å². The summed E-state index contributed by atoms with van der Waals surface area (Å²) in [5, 5.41) is 8.72. The average molecular weight is 388 g/mol. The molecule has 0 aliphatic rings. The molecule has 0 fully saturated rings. The van der Waals surface area contributed by atoms with E-state index in [1.165, 1.54) is 51.4 Å². The van der Waals surface area contributed by atoms with Gasteiger partial charge in [-0.05, 0) is 32.6 Å². The summed E-state index contributed by atoms with van der Waals surface area (Å²) in [6, 6.07) is 0. The number of carbonyl (C=O) groups is 2. The Labute approximate surface area is 201 Å². The van der Waals surface area contributed by atoms with Gasteiger partial charge in [0, 0.05) is 0 Å². The van der Waals surface area contributed by atoms with Crippen LogP contribution in [-0.2, 0) is 14.3 Å². The van der Waals surface area contributed by atoms with Crippen molar-refractivity contribution in [1.82, 2.24) is 0 Å². The van der Waals surface area contributed by atoms with Gasteiger partial charge in [-0.2, -0.15) is 0 Å². The van der Waals surface area contributed by atoms with Gasteiger partial charge in [-0.3, -0.25) is 9.59 Å². The number of esters is 1. The first kappa shape index (κ1) is 32.2. The van der Waals surface area contributed by atoms with Crippen molar-refractivity contribution < 1.29 is 19.4 Å². The minimum atomic E-state index is -1.12. The molecule has 1 unspecified atom stereocenters. The molecule has 4 nitrogen and oxygen atoms in total. The zero-order valence-electron chi connectivity index (χ0n) is 16.8. The summed E-state index contributed by atoms with van der Waals surface area (Å²) in [5.41, 5.74) is -0.511. The molecule has 0 bridgehead atoms. The molecule has 0 aliphatic carbocycles. The number of unbranched alkanes of at least 4 members (excludes halogenated alkanes) is 10. The van der Waals surface area contributed by atoms with Gasteiger partial charge in [-0.1, -0.05) is 78.1 Å². The monoisotopic (exact) mass is 388 g/mol. The third-order valence-corrected chi connectivity index (χ3v) is 4.77. The molecule has 1 atom stereocenters. The van der Waals surface area contributed by atoms with Crippen molar-refractivity contribution in [3.05, 3.63) is 0 Å². The van der Waals surface area contributed by atoms with E-state index >= 15 is 0 Å². The van der Waals surface area contributed by atoms with Crippen LogP contribution in [0.3, 0.4) is 0 Å². The molecule has 152 valence electrons. The Kier molecular flexibility index (Phi) is 25.4. The summed E-state index contributed by atoms with van der Waals surface area (Å²) in [6.07, 6.45) is 15.9. The van der Waals surface area contributed by atoms with E-state index in [1.54, 1.807) is 0 Å². The van der Waals surface area contributed by atoms with Crippen molar-refractivity contribution in [2.24, 2.45) is 0 Å². The van der Waals surface area contributed by atoms with Crippen LogP contribution in [0.2, 0.25) is 0 Å². The van der Waals surface area contributed by atoms with E-state index in [-0.39, 0.29) is 48.4 Å². The molecule has 0 rings (SSSR count). The molecular formula is C21H42LiNaO4. The maximum atomic E-state index is 11.7. The standard InChI is InChI=1S/C21H40O4.Li.Na.2H/c1-4-6-8-9-10-11-12-13-14-15-17-21(3,16-7-5-2)25-20(24)18-19(22)23;;;;/h4-18H2,1-3H3,(H,22,23);;;;. The van der Waals surface area contributed by atoms with E-state index in [0.29, 0.717) is 0 Å². The number of carbonyl (C=O) groups excluding carboxylic acids is 1. The second kappa shape index (κ2) is 21.3. The van der Waals surface area contributed by atoms with Crippen molar-refractivity contribution >= 4 is 60.4 Å². The molecule has 0 saturated carbocycles. The summed E-state index contributed by atoms with van der Waals surface area (Å²) in [4.78, 5) is 22.4. The quantitative estimate of drug-likeness (QED) is 0.165. The third-order valence-electron chi connectivity index (χ3n) is 4.77. The van der Waals surface area contributed by atoms with E-state index in [2.05, 4.69) is 13.8 Å². The molecule has 27 heavy (non-hydrogen) atoms. The average Bonchev–Trinajstić information content (AvgIpc) is 2.54. The third kappa shape index (κ3) is 21.1. The molecule has 0 aromatic heterocycles. The van der Waals surface area contributed by atoms with Crippen molar-refractivity contribution in [3.63, 3.8) is 0 Å². The van der Waals surface area contributed by atoms with Crippen LogP contribution in [0.25, 0.3) is 0 Å². The predicted molar refractivity (Wildman–Crippen MR) is 117 cm³/mol. The van der Waals surface area contributed by atoms with Crippen molar-refractivity contribution in [2.45, 2.75) is 123 Å². The molecule has 0 radical (unpaired) electrons. The predicted octanol–water partition coefficient (Wildman–Crippen LogP) is 4.97. The first-order chi connectivity index (χ1) is 11.9. The minimum absolute atomic E-state index is 0. The van der Waals surface area contributed by atoms with Crippen molar-refractivity contribution in [1.29, 1.82) is 0 Å². The fourth-order valence-electron chi connectivity index (χ4n) is 3.20. The second-order valence-corrected chi connectivity index (χ2v) is 7.53. The van der Waals surface area contributed by atoms with Gasteiger partial charge in [-0.15, -0.1) is 0 Å². The topological polar surface area (TPSA) is 63.6 Å². The fraction of sp³-hybridized carbons (Fsp3) is 0.905. The number of carboxylic acids is 1. The zero-order chi connectivity index (χ0) is 19.0. The molecule has 1 N–H and O–H groups in total. The van der Waals surface area contributed by atoms with E-state index in [4.69, 9.17) is 9.84 Å². The SMILES string of the molecule is CCCCCCCCCCCCC(C)(CCCC)OC(=O)CC(=O)O.[LiH].[NaH]. The van der Waals surface area contributed by atoms with Crippen LogP contribution >= 0.6 is 0 Å². The van der Waals surface area contributed by atoms with Gasteiger partial charge in [0.05, 0.1) is 0 Å². The summed E-state index contributed by atoms with van der Waals surface area (Å²) < 4.78 is 5.51. The van der Waals surface area contributed by atoms with E-state index < -0.39 is 24.0 Å². The number of rotatable bonds is 17. The molecular weight excluding hydrogens is 346 g/mol. The van der Waals surface area contributed by atoms with Gasteiger partial charge in [0.2, 0.25) is 0 Å². The molecule has 0 heterocycles. The zero-order valence-corrected chi connectivity index (χ0v) is 16.8. The Bertz CT molecular complexity index is 366. The van der Waals surface area contributed by atoms with Crippen LogP contribution in [0.5, 0.6) is 0 Å². The van der Waals surface area contributed by atoms with Crippen LogP contribution in [0.1, 0.15) is 117 Å². The Morgan fingerprint density at radius 1 is 0.778 bits per heavy atom. The van der Waals surface area contributed by atoms with Crippen LogP contribution < -0.4 is 0 Å². The molecule has 0 saturated heterocycles. The number of hydrogen-bond donors (Lipinski definition) is 1. The Morgan fingerprint density at radius 3 is 1.63 bits per heavy atom. The molecule has 0 aliphatic heterocycles. The molecule has 0 aromatic carbocycles. The molecule has 0 spiro atoms. The van der Waals surface area contributed by atoms with E-state index in [9.17, 15) is 9.59 Å². The fourth-order valence-corrected chi connectivity index (χ4v) is 3.20. The van der Waals surface area contributed by atoms with Gasteiger partial charge in [-0.25, -0.2) is 0 Å². The number of aliphatic carboxylic acids is 1. The Hall–Kier alpha value is 0.537. The van der Waals surface area contributed by atoms with Gasteiger partial charge in [0.15, 0.2) is 0 Å². The molecule has 0 amide bonds. The Balaban J connectivity index is -0.00000288. The van der Waals surface area contributed by atoms with Crippen LogP contribution in [0.4, 0.5) is 0 Å². The number of carboxylic acid groups (broad SMARTS) is 1. The van der Waals surface area contributed by atoms with Crippen LogP contribution in [-0.4, -0.2) is 71.1 Å². The van der Waals surface area contributed by atoms with Gasteiger partial charge >= 0.3 is 60.4 Å². The van der Waals surface area contributed by atoms with E-state index in [0.717, 1.165) is 38.5 Å². The number of hydrogen-bond acceptors (Lipinski definition) is 3. The number of ether oxygens (including phenoxy) is 1. The first-order valence-corrected chi connectivity index (χ1v) is 10.4. The summed E-state index contributed by atoms with van der Waals surface area (Å²) in [5.74, 6) is -1.74. The maximum absolute atomic E-state index is 11.7. The molecule has 0 aromatic rings. The van der Waals surface area contributed by atoms with Crippen molar-refractivity contribution in [2.75, 3.05) is 0 Å². The summed E-state index contributed by atoms with van der Waals surface area (Å²) >= 11 is 0. The van der Waals surface area contributed by atoms with Crippen LogP contribution in [0, 0.1) is 0 Å². The summed E-state index contributed by atoms with van der Waals surface area (Å²) in [6.45, 7) is 6.31. The molecule has 6 heteroatoms. The first-order valence-electron chi connectivity index (χ1n) is 10.4. The Morgan fingerprint density at radius 2 is 1.19 bits per heavy atom. The van der Waals surface area contributed by atoms with Gasteiger partial charge in [0.1, 0.15) is 12.0 Å². The van der Waals surface area contributed by atoms with E-state index in [1.807, 2.05) is 6.92 Å². The summed E-state index contributed by atoms with van der Waals surface area (Å²) in [7, 11) is 0. The normalized spacial score (nSPS) is 12.4. The van der Waals surface area contributed by atoms with Gasteiger partial charge in [0.25, 0.3) is 0 Å². The second-order valence-electron chi connectivity index (χ2n) is 7.53. The van der Waals surface area contributed by atoms with Crippen LogP contribution in [0.15, 0.2) is 0 Å².